The SMILES string of the molecule is CCCNCc1cncn1C(C)c1cc(C)sc1C. The molecule has 0 saturated carbocycles. The minimum atomic E-state index is 0.353. The van der Waals surface area contributed by atoms with Gasteiger partial charge in [0.05, 0.1) is 18.1 Å². The van der Waals surface area contributed by atoms with Crippen LogP contribution in [0, 0.1) is 13.8 Å². The molecule has 0 bridgehead atoms. The average Bonchev–Trinajstić information content (AvgIpc) is 2.95. The summed E-state index contributed by atoms with van der Waals surface area (Å²) in [6, 6.07) is 2.65. The maximum absolute atomic E-state index is 4.31. The Hall–Kier alpha value is -1.13. The molecule has 19 heavy (non-hydrogen) atoms. The Morgan fingerprint density at radius 1 is 1.42 bits per heavy atom. The fraction of sp³-hybridized carbons (Fsp3) is 0.533. The largest absolute Gasteiger partial charge is 0.326 e. The Labute approximate surface area is 119 Å². The molecule has 0 saturated heterocycles. The summed E-state index contributed by atoms with van der Waals surface area (Å²) in [4.78, 5) is 7.10. The van der Waals surface area contributed by atoms with Crippen LogP contribution in [0.1, 0.15) is 47.3 Å². The van der Waals surface area contributed by atoms with Gasteiger partial charge in [0.1, 0.15) is 0 Å². The second-order valence-electron chi connectivity index (χ2n) is 5.01. The third kappa shape index (κ3) is 3.25. The molecule has 1 atom stereocenters. The quantitative estimate of drug-likeness (QED) is 0.816. The summed E-state index contributed by atoms with van der Waals surface area (Å²) in [6.45, 7) is 10.8. The minimum absolute atomic E-state index is 0.353. The molecule has 2 aromatic rings. The van der Waals surface area contributed by atoms with Gasteiger partial charge in [0.2, 0.25) is 0 Å². The van der Waals surface area contributed by atoms with E-state index in [4.69, 9.17) is 0 Å². The predicted octanol–water partition coefficient (Wildman–Crippen LogP) is 3.67. The first kappa shape index (κ1) is 14.3. The van der Waals surface area contributed by atoms with E-state index in [2.05, 4.69) is 48.6 Å². The molecule has 2 aromatic heterocycles. The van der Waals surface area contributed by atoms with Crippen molar-refractivity contribution in [3.05, 3.63) is 39.6 Å². The lowest BCUT2D eigenvalue weighted by molar-refractivity contribution is 0.574. The van der Waals surface area contributed by atoms with Crippen LogP contribution in [-0.2, 0) is 6.54 Å². The number of nitrogens with zero attached hydrogens (tertiary/aromatic N) is 2. The van der Waals surface area contributed by atoms with Crippen molar-refractivity contribution in [3.8, 4) is 0 Å². The monoisotopic (exact) mass is 277 g/mol. The Morgan fingerprint density at radius 3 is 2.84 bits per heavy atom. The molecule has 0 radical (unpaired) electrons. The van der Waals surface area contributed by atoms with Crippen molar-refractivity contribution in [2.75, 3.05) is 6.54 Å². The van der Waals surface area contributed by atoms with Gasteiger partial charge in [-0.25, -0.2) is 4.98 Å². The summed E-state index contributed by atoms with van der Waals surface area (Å²) in [7, 11) is 0. The number of hydrogen-bond donors (Lipinski definition) is 1. The van der Waals surface area contributed by atoms with Crippen LogP contribution in [-0.4, -0.2) is 16.1 Å². The zero-order valence-electron chi connectivity index (χ0n) is 12.2. The van der Waals surface area contributed by atoms with E-state index in [-0.39, 0.29) is 0 Å². The van der Waals surface area contributed by atoms with Gasteiger partial charge in [0, 0.05) is 22.5 Å². The second-order valence-corrected chi connectivity index (χ2v) is 6.47. The highest BCUT2D eigenvalue weighted by Crippen LogP contribution is 2.29. The first-order valence-electron chi connectivity index (χ1n) is 6.91. The van der Waals surface area contributed by atoms with Crippen LogP contribution in [0.5, 0.6) is 0 Å². The summed E-state index contributed by atoms with van der Waals surface area (Å²) in [5, 5.41) is 3.45. The summed E-state index contributed by atoms with van der Waals surface area (Å²) in [5.74, 6) is 0. The highest BCUT2D eigenvalue weighted by atomic mass is 32.1. The van der Waals surface area contributed by atoms with Crippen LogP contribution < -0.4 is 5.32 Å². The third-order valence-corrected chi connectivity index (χ3v) is 4.41. The van der Waals surface area contributed by atoms with Crippen LogP contribution in [0.25, 0.3) is 0 Å². The van der Waals surface area contributed by atoms with Crippen LogP contribution in [0.4, 0.5) is 0 Å². The second kappa shape index (κ2) is 6.35. The van der Waals surface area contributed by atoms with Crippen LogP contribution >= 0.6 is 11.3 Å². The van der Waals surface area contributed by atoms with E-state index >= 15 is 0 Å². The molecule has 2 heterocycles. The lowest BCUT2D eigenvalue weighted by Crippen LogP contribution is -2.18. The van der Waals surface area contributed by atoms with E-state index in [0.29, 0.717) is 6.04 Å². The summed E-state index contributed by atoms with van der Waals surface area (Å²) < 4.78 is 2.27. The van der Waals surface area contributed by atoms with Crippen LogP contribution in [0.2, 0.25) is 0 Å². The van der Waals surface area contributed by atoms with Gasteiger partial charge < -0.3 is 9.88 Å². The molecule has 0 spiro atoms. The van der Waals surface area contributed by atoms with Crippen molar-refractivity contribution in [1.82, 2.24) is 14.9 Å². The molecule has 0 aliphatic rings. The molecule has 1 N–H and O–H groups in total. The smallest absolute Gasteiger partial charge is 0.0954 e. The molecule has 0 aliphatic carbocycles. The summed E-state index contributed by atoms with van der Waals surface area (Å²) in [6.07, 6.45) is 5.07. The highest BCUT2D eigenvalue weighted by Gasteiger charge is 2.15. The van der Waals surface area contributed by atoms with E-state index in [9.17, 15) is 0 Å². The van der Waals surface area contributed by atoms with Gasteiger partial charge in [-0.05, 0) is 45.4 Å². The topological polar surface area (TPSA) is 29.9 Å². The van der Waals surface area contributed by atoms with Crippen molar-refractivity contribution < 1.29 is 0 Å². The molecule has 0 amide bonds. The average molecular weight is 277 g/mol. The molecule has 0 aromatic carbocycles. The molecule has 2 rings (SSSR count). The van der Waals surface area contributed by atoms with E-state index in [1.165, 1.54) is 21.0 Å². The minimum Gasteiger partial charge on any atom is -0.326 e. The third-order valence-electron chi connectivity index (χ3n) is 3.43. The maximum atomic E-state index is 4.31. The number of thiophene rings is 1. The molecular weight excluding hydrogens is 254 g/mol. The van der Waals surface area contributed by atoms with Crippen LogP contribution in [0.3, 0.4) is 0 Å². The zero-order valence-corrected chi connectivity index (χ0v) is 13.0. The van der Waals surface area contributed by atoms with E-state index in [1.807, 2.05) is 23.9 Å². The number of hydrogen-bond acceptors (Lipinski definition) is 3. The molecule has 0 aliphatic heterocycles. The Kier molecular flexibility index (Phi) is 4.77. The Balaban J connectivity index is 2.17. The summed E-state index contributed by atoms with van der Waals surface area (Å²) in [5.41, 5.74) is 2.67. The number of nitrogens with one attached hydrogen (secondary N) is 1. The van der Waals surface area contributed by atoms with Gasteiger partial charge in [-0.1, -0.05) is 6.92 Å². The summed E-state index contributed by atoms with van der Waals surface area (Å²) >= 11 is 1.87. The van der Waals surface area contributed by atoms with Gasteiger partial charge in [0.15, 0.2) is 0 Å². The van der Waals surface area contributed by atoms with Gasteiger partial charge in [-0.3, -0.25) is 0 Å². The van der Waals surface area contributed by atoms with Crippen molar-refractivity contribution in [1.29, 1.82) is 0 Å². The normalized spacial score (nSPS) is 12.8. The highest BCUT2D eigenvalue weighted by molar-refractivity contribution is 7.12. The van der Waals surface area contributed by atoms with Gasteiger partial charge >= 0.3 is 0 Å². The fourth-order valence-corrected chi connectivity index (χ4v) is 3.44. The van der Waals surface area contributed by atoms with Gasteiger partial charge in [-0.2, -0.15) is 0 Å². The number of imidazole rings is 1. The predicted molar refractivity (Wildman–Crippen MR) is 81.8 cm³/mol. The van der Waals surface area contributed by atoms with Gasteiger partial charge in [-0.15, -0.1) is 11.3 Å². The molecule has 1 unspecified atom stereocenters. The molecule has 4 heteroatoms. The van der Waals surface area contributed by atoms with Crippen LogP contribution in [0.15, 0.2) is 18.6 Å². The molecule has 0 fully saturated rings. The number of aromatic nitrogens is 2. The molecular formula is C15H23N3S. The van der Waals surface area contributed by atoms with E-state index in [1.54, 1.807) is 0 Å². The number of aryl methyl sites for hydroxylation is 2. The first-order chi connectivity index (χ1) is 9.13. The standard InChI is InChI=1S/C15H23N3S/c1-5-6-16-8-14-9-17-10-18(14)12(3)15-7-11(2)19-13(15)4/h7,9-10,12,16H,5-6,8H2,1-4H3. The van der Waals surface area contributed by atoms with E-state index in [0.717, 1.165) is 19.5 Å². The molecule has 3 nitrogen and oxygen atoms in total. The van der Waals surface area contributed by atoms with Crippen molar-refractivity contribution in [3.63, 3.8) is 0 Å². The lowest BCUT2D eigenvalue weighted by Gasteiger charge is -2.17. The Bertz CT molecular complexity index is 527. The Morgan fingerprint density at radius 2 is 2.21 bits per heavy atom. The zero-order chi connectivity index (χ0) is 13.8. The van der Waals surface area contributed by atoms with E-state index < -0.39 is 0 Å². The van der Waals surface area contributed by atoms with Crippen molar-refractivity contribution in [2.24, 2.45) is 0 Å². The lowest BCUT2D eigenvalue weighted by atomic mass is 10.1. The molecule has 104 valence electrons. The van der Waals surface area contributed by atoms with Crippen molar-refractivity contribution in [2.45, 2.75) is 46.7 Å². The first-order valence-corrected chi connectivity index (χ1v) is 7.73. The number of rotatable bonds is 6. The van der Waals surface area contributed by atoms with Crippen molar-refractivity contribution >= 4 is 11.3 Å². The fourth-order valence-electron chi connectivity index (χ4n) is 2.43. The van der Waals surface area contributed by atoms with Gasteiger partial charge in [0.25, 0.3) is 0 Å². The maximum Gasteiger partial charge on any atom is 0.0954 e.